The predicted octanol–water partition coefficient (Wildman–Crippen LogP) is 1.83. The summed E-state index contributed by atoms with van der Waals surface area (Å²) in [6, 6.07) is 0.640. The summed E-state index contributed by atoms with van der Waals surface area (Å²) < 4.78 is 0. The topological polar surface area (TPSA) is 39.7 Å². The lowest BCUT2D eigenvalue weighted by molar-refractivity contribution is 0.161. The molecule has 0 aromatic rings. The SMILES string of the molecule is CCCNC(=NCC1CCCCN1CC)NCC. The van der Waals surface area contributed by atoms with Crippen LogP contribution in [0.3, 0.4) is 0 Å². The van der Waals surface area contributed by atoms with Crippen molar-refractivity contribution in [2.24, 2.45) is 4.99 Å². The van der Waals surface area contributed by atoms with E-state index < -0.39 is 0 Å². The number of aliphatic imine (C=N–C) groups is 1. The third-order valence-electron chi connectivity index (χ3n) is 3.50. The van der Waals surface area contributed by atoms with Crippen LogP contribution in [0.2, 0.25) is 0 Å². The average molecular weight is 254 g/mol. The fraction of sp³-hybridized carbons (Fsp3) is 0.929. The van der Waals surface area contributed by atoms with Gasteiger partial charge in [-0.1, -0.05) is 20.3 Å². The van der Waals surface area contributed by atoms with Crippen molar-refractivity contribution in [2.75, 3.05) is 32.7 Å². The second-order valence-corrected chi connectivity index (χ2v) is 4.92. The zero-order chi connectivity index (χ0) is 13.2. The van der Waals surface area contributed by atoms with E-state index in [2.05, 4.69) is 36.3 Å². The van der Waals surface area contributed by atoms with Crippen molar-refractivity contribution < 1.29 is 0 Å². The highest BCUT2D eigenvalue weighted by molar-refractivity contribution is 5.79. The Kier molecular flexibility index (Phi) is 7.81. The zero-order valence-corrected chi connectivity index (χ0v) is 12.3. The number of likely N-dealkylation sites (tertiary alicyclic amines) is 1. The van der Waals surface area contributed by atoms with Crippen LogP contribution in [-0.2, 0) is 0 Å². The lowest BCUT2D eigenvalue weighted by atomic mass is 10.0. The Balaban J connectivity index is 2.45. The van der Waals surface area contributed by atoms with Gasteiger partial charge in [0.2, 0.25) is 0 Å². The largest absolute Gasteiger partial charge is 0.357 e. The molecule has 18 heavy (non-hydrogen) atoms. The summed E-state index contributed by atoms with van der Waals surface area (Å²) in [5.74, 6) is 0.973. The van der Waals surface area contributed by atoms with Crippen LogP contribution in [0.25, 0.3) is 0 Å². The van der Waals surface area contributed by atoms with E-state index >= 15 is 0 Å². The molecule has 1 rings (SSSR count). The van der Waals surface area contributed by atoms with Gasteiger partial charge in [-0.3, -0.25) is 9.89 Å². The Hall–Kier alpha value is -0.770. The third-order valence-corrected chi connectivity index (χ3v) is 3.50. The fourth-order valence-corrected chi connectivity index (χ4v) is 2.46. The first-order chi connectivity index (χ1) is 8.81. The molecule has 0 spiro atoms. The van der Waals surface area contributed by atoms with Crippen LogP contribution in [0.5, 0.6) is 0 Å². The second kappa shape index (κ2) is 9.20. The standard InChI is InChI=1S/C14H30N4/c1-4-10-16-14(15-5-2)17-12-13-9-7-8-11-18(13)6-3/h13H,4-12H2,1-3H3,(H2,15,16,17). The van der Waals surface area contributed by atoms with E-state index in [-0.39, 0.29) is 0 Å². The van der Waals surface area contributed by atoms with Gasteiger partial charge in [0, 0.05) is 19.1 Å². The van der Waals surface area contributed by atoms with Crippen molar-refractivity contribution in [2.45, 2.75) is 52.5 Å². The number of guanidine groups is 1. The molecule has 2 N–H and O–H groups in total. The summed E-state index contributed by atoms with van der Waals surface area (Å²) in [6.45, 7) is 11.8. The normalized spacial score (nSPS) is 21.9. The summed E-state index contributed by atoms with van der Waals surface area (Å²) >= 11 is 0. The zero-order valence-electron chi connectivity index (χ0n) is 12.3. The molecule has 106 valence electrons. The minimum absolute atomic E-state index is 0.640. The van der Waals surface area contributed by atoms with E-state index in [4.69, 9.17) is 4.99 Å². The molecule has 4 heteroatoms. The maximum absolute atomic E-state index is 4.73. The lowest BCUT2D eigenvalue weighted by Crippen LogP contribution is -2.43. The van der Waals surface area contributed by atoms with Crippen LogP contribution >= 0.6 is 0 Å². The van der Waals surface area contributed by atoms with Gasteiger partial charge in [0.05, 0.1) is 6.54 Å². The van der Waals surface area contributed by atoms with E-state index in [1.54, 1.807) is 0 Å². The number of rotatable bonds is 6. The van der Waals surface area contributed by atoms with Gasteiger partial charge in [0.25, 0.3) is 0 Å². The molecule has 0 saturated carbocycles. The summed E-state index contributed by atoms with van der Waals surface area (Å²) in [4.78, 5) is 7.29. The summed E-state index contributed by atoms with van der Waals surface area (Å²) in [5.41, 5.74) is 0. The average Bonchev–Trinajstić information content (AvgIpc) is 2.42. The highest BCUT2D eigenvalue weighted by atomic mass is 15.2. The third kappa shape index (κ3) is 5.25. The maximum atomic E-state index is 4.73. The molecule has 0 aliphatic carbocycles. The van der Waals surface area contributed by atoms with Crippen molar-refractivity contribution in [3.8, 4) is 0 Å². The highest BCUT2D eigenvalue weighted by Gasteiger charge is 2.20. The molecule has 1 aliphatic rings. The molecular formula is C14H30N4. The van der Waals surface area contributed by atoms with Gasteiger partial charge < -0.3 is 10.6 Å². The van der Waals surface area contributed by atoms with Crippen molar-refractivity contribution >= 4 is 5.96 Å². The van der Waals surface area contributed by atoms with Gasteiger partial charge in [-0.2, -0.15) is 0 Å². The van der Waals surface area contributed by atoms with Crippen molar-refractivity contribution in [1.29, 1.82) is 0 Å². The first kappa shape index (κ1) is 15.3. The van der Waals surface area contributed by atoms with Crippen molar-refractivity contribution in [3.63, 3.8) is 0 Å². The van der Waals surface area contributed by atoms with Gasteiger partial charge in [0.15, 0.2) is 5.96 Å². The number of piperidine rings is 1. The van der Waals surface area contributed by atoms with Crippen LogP contribution in [0, 0.1) is 0 Å². The lowest BCUT2D eigenvalue weighted by Gasteiger charge is -2.33. The smallest absolute Gasteiger partial charge is 0.191 e. The molecule has 1 aliphatic heterocycles. The van der Waals surface area contributed by atoms with E-state index in [9.17, 15) is 0 Å². The Labute approximate surface area is 112 Å². The highest BCUT2D eigenvalue weighted by Crippen LogP contribution is 2.16. The molecular weight excluding hydrogens is 224 g/mol. The van der Waals surface area contributed by atoms with Gasteiger partial charge in [-0.25, -0.2) is 0 Å². The molecule has 0 aromatic heterocycles. The van der Waals surface area contributed by atoms with Crippen LogP contribution in [0.1, 0.15) is 46.5 Å². The molecule has 1 atom stereocenters. The van der Waals surface area contributed by atoms with Gasteiger partial charge in [-0.05, 0) is 39.3 Å². The Morgan fingerprint density at radius 2 is 2.06 bits per heavy atom. The molecule has 0 radical (unpaired) electrons. The fourth-order valence-electron chi connectivity index (χ4n) is 2.46. The maximum Gasteiger partial charge on any atom is 0.191 e. The molecule has 0 bridgehead atoms. The number of nitrogens with zero attached hydrogens (tertiary/aromatic N) is 2. The monoisotopic (exact) mass is 254 g/mol. The summed E-state index contributed by atoms with van der Waals surface area (Å²) in [6.07, 6.45) is 5.14. The first-order valence-electron chi connectivity index (χ1n) is 7.58. The van der Waals surface area contributed by atoms with E-state index in [1.165, 1.54) is 25.8 Å². The Morgan fingerprint density at radius 3 is 2.72 bits per heavy atom. The molecule has 1 unspecified atom stereocenters. The molecule has 1 fully saturated rings. The van der Waals surface area contributed by atoms with E-state index in [1.807, 2.05) is 0 Å². The van der Waals surface area contributed by atoms with Crippen LogP contribution < -0.4 is 10.6 Å². The van der Waals surface area contributed by atoms with Crippen LogP contribution in [0.4, 0.5) is 0 Å². The van der Waals surface area contributed by atoms with Gasteiger partial charge in [-0.15, -0.1) is 0 Å². The Bertz CT molecular complexity index is 240. The molecule has 0 aromatic carbocycles. The van der Waals surface area contributed by atoms with E-state index in [0.29, 0.717) is 6.04 Å². The number of nitrogens with one attached hydrogen (secondary N) is 2. The number of likely N-dealkylation sites (N-methyl/N-ethyl adjacent to an activating group) is 1. The minimum atomic E-state index is 0.640. The quantitative estimate of drug-likeness (QED) is 0.561. The van der Waals surface area contributed by atoms with Crippen LogP contribution in [0.15, 0.2) is 4.99 Å². The van der Waals surface area contributed by atoms with E-state index in [0.717, 1.165) is 38.6 Å². The van der Waals surface area contributed by atoms with Crippen LogP contribution in [-0.4, -0.2) is 49.6 Å². The molecule has 4 nitrogen and oxygen atoms in total. The molecule has 1 heterocycles. The minimum Gasteiger partial charge on any atom is -0.357 e. The Morgan fingerprint density at radius 1 is 1.22 bits per heavy atom. The number of hydrogen-bond donors (Lipinski definition) is 2. The van der Waals surface area contributed by atoms with Gasteiger partial charge in [0.1, 0.15) is 0 Å². The van der Waals surface area contributed by atoms with Crippen molar-refractivity contribution in [3.05, 3.63) is 0 Å². The molecule has 1 saturated heterocycles. The second-order valence-electron chi connectivity index (χ2n) is 4.92. The molecule has 0 amide bonds. The summed E-state index contributed by atoms with van der Waals surface area (Å²) in [5, 5.41) is 6.67. The van der Waals surface area contributed by atoms with Crippen molar-refractivity contribution in [1.82, 2.24) is 15.5 Å². The van der Waals surface area contributed by atoms with Gasteiger partial charge >= 0.3 is 0 Å². The predicted molar refractivity (Wildman–Crippen MR) is 79.2 cm³/mol. The first-order valence-corrected chi connectivity index (χ1v) is 7.58. The number of hydrogen-bond acceptors (Lipinski definition) is 2. The summed E-state index contributed by atoms with van der Waals surface area (Å²) in [7, 11) is 0.